The molecule has 1 aromatic carbocycles. The molecule has 162 valence electrons. The third kappa shape index (κ3) is 5.71. The molecule has 2 N–H and O–H groups in total. The zero-order chi connectivity index (χ0) is 22.7. The van der Waals surface area contributed by atoms with E-state index in [1.807, 2.05) is 6.07 Å². The second-order valence-corrected chi connectivity index (χ2v) is 9.31. The SMILES string of the molecule is COC(=O)C(C)(C)C(C)(C)NC(=O)C(C)(NC(=O)OC(C)(C)C)c1ccccc1. The van der Waals surface area contributed by atoms with Crippen molar-refractivity contribution in [3.05, 3.63) is 35.9 Å². The fourth-order valence-electron chi connectivity index (χ4n) is 2.61. The van der Waals surface area contributed by atoms with Gasteiger partial charge < -0.3 is 20.1 Å². The predicted molar refractivity (Wildman–Crippen MR) is 111 cm³/mol. The van der Waals surface area contributed by atoms with Gasteiger partial charge in [-0.3, -0.25) is 9.59 Å². The average Bonchev–Trinajstić information content (AvgIpc) is 2.59. The van der Waals surface area contributed by atoms with Crippen LogP contribution >= 0.6 is 0 Å². The van der Waals surface area contributed by atoms with Gasteiger partial charge in [0.05, 0.1) is 18.1 Å². The number of carbonyl (C=O) groups excluding carboxylic acids is 3. The summed E-state index contributed by atoms with van der Waals surface area (Å²) in [6.45, 7) is 13.7. The Morgan fingerprint density at radius 3 is 1.79 bits per heavy atom. The zero-order valence-corrected chi connectivity index (χ0v) is 18.9. The van der Waals surface area contributed by atoms with Crippen molar-refractivity contribution < 1.29 is 23.9 Å². The molecule has 1 aromatic rings. The van der Waals surface area contributed by atoms with E-state index in [0.29, 0.717) is 5.56 Å². The van der Waals surface area contributed by atoms with E-state index in [1.165, 1.54) is 7.11 Å². The minimum Gasteiger partial charge on any atom is -0.469 e. The predicted octanol–water partition coefficient (Wildman–Crippen LogP) is 3.52. The molecular formula is C22H34N2O5. The van der Waals surface area contributed by atoms with Gasteiger partial charge in [-0.15, -0.1) is 0 Å². The van der Waals surface area contributed by atoms with E-state index in [-0.39, 0.29) is 0 Å². The van der Waals surface area contributed by atoms with E-state index in [1.54, 1.807) is 79.7 Å². The smallest absolute Gasteiger partial charge is 0.408 e. The first-order chi connectivity index (χ1) is 13.1. The third-order valence-electron chi connectivity index (χ3n) is 5.24. The van der Waals surface area contributed by atoms with Crippen molar-refractivity contribution in [2.45, 2.75) is 72.1 Å². The van der Waals surface area contributed by atoms with E-state index in [9.17, 15) is 14.4 Å². The summed E-state index contributed by atoms with van der Waals surface area (Å²) in [6.07, 6.45) is -0.718. The van der Waals surface area contributed by atoms with Crippen LogP contribution < -0.4 is 10.6 Å². The molecule has 0 radical (unpaired) electrons. The van der Waals surface area contributed by atoms with E-state index in [0.717, 1.165) is 0 Å². The normalized spacial score (nSPS) is 14.4. The molecule has 7 nitrogen and oxygen atoms in total. The van der Waals surface area contributed by atoms with Crippen molar-refractivity contribution in [1.29, 1.82) is 0 Å². The molecule has 29 heavy (non-hydrogen) atoms. The van der Waals surface area contributed by atoms with Crippen molar-refractivity contribution in [2.75, 3.05) is 7.11 Å². The number of esters is 1. The summed E-state index contributed by atoms with van der Waals surface area (Å²) in [5, 5.41) is 5.60. The van der Waals surface area contributed by atoms with Crippen molar-refractivity contribution in [3.8, 4) is 0 Å². The van der Waals surface area contributed by atoms with Crippen LogP contribution in [0.4, 0.5) is 4.79 Å². The Labute approximate surface area is 173 Å². The number of carbonyl (C=O) groups is 3. The summed E-state index contributed by atoms with van der Waals surface area (Å²) in [5.74, 6) is -0.930. The second-order valence-electron chi connectivity index (χ2n) is 9.31. The average molecular weight is 407 g/mol. The van der Waals surface area contributed by atoms with Gasteiger partial charge in [-0.25, -0.2) is 4.79 Å². The maximum absolute atomic E-state index is 13.4. The van der Waals surface area contributed by atoms with Gasteiger partial charge >= 0.3 is 12.1 Å². The van der Waals surface area contributed by atoms with Crippen LogP contribution in [0.25, 0.3) is 0 Å². The van der Waals surface area contributed by atoms with Crippen molar-refractivity contribution >= 4 is 18.0 Å². The molecule has 0 aromatic heterocycles. The molecule has 2 amide bonds. The number of alkyl carbamates (subject to hydrolysis) is 1. The summed E-state index contributed by atoms with van der Waals surface area (Å²) >= 11 is 0. The Balaban J connectivity index is 3.28. The number of hydrogen-bond donors (Lipinski definition) is 2. The van der Waals surface area contributed by atoms with Crippen LogP contribution in [0.15, 0.2) is 30.3 Å². The largest absolute Gasteiger partial charge is 0.469 e. The number of ether oxygens (including phenoxy) is 2. The standard InChI is InChI=1S/C22H34N2O5/c1-19(2,3)29-18(27)24-22(8,15-13-11-10-12-14-15)16(25)23-21(6,7)20(4,5)17(26)28-9/h10-14H,1-9H3,(H,23,25)(H,24,27). The highest BCUT2D eigenvalue weighted by Gasteiger charge is 2.48. The molecule has 0 heterocycles. The Kier molecular flexibility index (Phi) is 7.11. The van der Waals surface area contributed by atoms with Crippen LogP contribution in [-0.4, -0.2) is 36.2 Å². The number of methoxy groups -OCH3 is 1. The molecule has 1 rings (SSSR count). The molecule has 0 spiro atoms. The maximum Gasteiger partial charge on any atom is 0.408 e. The quantitative estimate of drug-likeness (QED) is 0.705. The summed E-state index contributed by atoms with van der Waals surface area (Å²) in [4.78, 5) is 38.1. The highest BCUT2D eigenvalue weighted by Crippen LogP contribution is 2.33. The van der Waals surface area contributed by atoms with Crippen LogP contribution in [0.2, 0.25) is 0 Å². The van der Waals surface area contributed by atoms with Gasteiger partial charge in [0, 0.05) is 0 Å². The molecule has 0 aliphatic rings. The zero-order valence-electron chi connectivity index (χ0n) is 18.9. The van der Waals surface area contributed by atoms with Gasteiger partial charge in [0.15, 0.2) is 0 Å². The van der Waals surface area contributed by atoms with E-state index < -0.39 is 40.1 Å². The number of benzene rings is 1. The lowest BCUT2D eigenvalue weighted by atomic mass is 9.73. The Hall–Kier alpha value is -2.57. The fourth-order valence-corrected chi connectivity index (χ4v) is 2.61. The van der Waals surface area contributed by atoms with Crippen LogP contribution in [-0.2, 0) is 24.6 Å². The highest BCUT2D eigenvalue weighted by molar-refractivity contribution is 5.92. The lowest BCUT2D eigenvalue weighted by Crippen LogP contribution is -2.63. The van der Waals surface area contributed by atoms with Crippen LogP contribution in [0.3, 0.4) is 0 Å². The lowest BCUT2D eigenvalue weighted by molar-refractivity contribution is -0.156. The molecule has 0 saturated carbocycles. The van der Waals surface area contributed by atoms with E-state index in [2.05, 4.69) is 10.6 Å². The Morgan fingerprint density at radius 2 is 1.34 bits per heavy atom. The molecule has 0 saturated heterocycles. The number of rotatable bonds is 6. The molecule has 0 bridgehead atoms. The molecule has 0 aliphatic carbocycles. The van der Waals surface area contributed by atoms with Gasteiger partial charge in [0.1, 0.15) is 11.1 Å². The Morgan fingerprint density at radius 1 is 0.828 bits per heavy atom. The molecule has 0 aliphatic heterocycles. The van der Waals surface area contributed by atoms with Crippen LogP contribution in [0.1, 0.15) is 61.0 Å². The second kappa shape index (κ2) is 8.43. The van der Waals surface area contributed by atoms with Crippen LogP contribution in [0, 0.1) is 5.41 Å². The van der Waals surface area contributed by atoms with Gasteiger partial charge in [-0.1, -0.05) is 30.3 Å². The van der Waals surface area contributed by atoms with E-state index >= 15 is 0 Å². The minimum absolute atomic E-state index is 0.454. The summed E-state index contributed by atoms with van der Waals surface area (Å²) in [7, 11) is 1.31. The number of hydrogen-bond acceptors (Lipinski definition) is 5. The monoisotopic (exact) mass is 406 g/mol. The Bertz CT molecular complexity index is 750. The van der Waals surface area contributed by atoms with Gasteiger partial charge in [-0.05, 0) is 61.0 Å². The van der Waals surface area contributed by atoms with Gasteiger partial charge in [-0.2, -0.15) is 0 Å². The first-order valence-electron chi connectivity index (χ1n) is 9.54. The van der Waals surface area contributed by atoms with Crippen molar-refractivity contribution in [1.82, 2.24) is 10.6 Å². The molecular weight excluding hydrogens is 372 g/mol. The molecule has 0 fully saturated rings. The van der Waals surface area contributed by atoms with Gasteiger partial charge in [0.25, 0.3) is 5.91 Å². The number of amides is 2. The maximum atomic E-state index is 13.4. The first-order valence-corrected chi connectivity index (χ1v) is 9.54. The van der Waals surface area contributed by atoms with Gasteiger partial charge in [0.2, 0.25) is 0 Å². The van der Waals surface area contributed by atoms with Crippen LogP contribution in [0.5, 0.6) is 0 Å². The first kappa shape index (κ1) is 24.5. The third-order valence-corrected chi connectivity index (χ3v) is 5.24. The topological polar surface area (TPSA) is 93.7 Å². The fraction of sp³-hybridized carbons (Fsp3) is 0.591. The minimum atomic E-state index is -1.42. The van der Waals surface area contributed by atoms with Crippen molar-refractivity contribution in [3.63, 3.8) is 0 Å². The summed E-state index contributed by atoms with van der Waals surface area (Å²) < 4.78 is 10.2. The molecule has 1 atom stereocenters. The highest BCUT2D eigenvalue weighted by atomic mass is 16.6. The van der Waals surface area contributed by atoms with Crippen molar-refractivity contribution in [2.24, 2.45) is 5.41 Å². The number of nitrogens with one attached hydrogen (secondary N) is 2. The molecule has 7 heteroatoms. The summed E-state index contributed by atoms with van der Waals surface area (Å²) in [6, 6.07) is 8.87. The lowest BCUT2D eigenvalue weighted by Gasteiger charge is -2.42. The molecule has 1 unspecified atom stereocenters. The van der Waals surface area contributed by atoms with E-state index in [4.69, 9.17) is 9.47 Å². The summed E-state index contributed by atoms with van der Waals surface area (Å²) in [5.41, 5.74) is -3.55.